The first-order valence-corrected chi connectivity index (χ1v) is 7.87. The Hall–Kier alpha value is -1.99. The van der Waals surface area contributed by atoms with Crippen LogP contribution in [0.4, 0.5) is 10.2 Å². The number of anilines is 1. The first-order chi connectivity index (χ1) is 10.0. The van der Waals surface area contributed by atoms with Gasteiger partial charge in [0.15, 0.2) is 0 Å². The third kappa shape index (κ3) is 4.24. The number of nitrogens with zero attached hydrogens (tertiary/aromatic N) is 1. The Labute approximate surface area is 123 Å². The Balaban J connectivity index is 2.01. The molecule has 2 N–H and O–H groups in total. The summed E-state index contributed by atoms with van der Waals surface area (Å²) in [6.45, 7) is 0.197. The molecule has 112 valence electrons. The molecule has 21 heavy (non-hydrogen) atoms. The molecule has 0 amide bonds. The van der Waals surface area contributed by atoms with Crippen molar-refractivity contribution < 1.29 is 12.8 Å². The molecule has 0 bridgehead atoms. The molecule has 2 rings (SSSR count). The van der Waals surface area contributed by atoms with Crippen LogP contribution in [0, 0.1) is 5.82 Å². The molecule has 0 spiro atoms. The molecule has 1 heterocycles. The van der Waals surface area contributed by atoms with E-state index in [4.69, 9.17) is 0 Å². The molecule has 0 saturated heterocycles. The summed E-state index contributed by atoms with van der Waals surface area (Å²) in [6, 6.07) is 8.96. The highest BCUT2D eigenvalue weighted by molar-refractivity contribution is 7.89. The zero-order valence-electron chi connectivity index (χ0n) is 11.5. The minimum Gasteiger partial charge on any atom is -0.373 e. The SMILES string of the molecule is CNc1cc(S(=O)(=O)NCCc2cccc(F)c2)ccn1. The molecule has 0 aliphatic rings. The van der Waals surface area contributed by atoms with Gasteiger partial charge in [0.25, 0.3) is 0 Å². The van der Waals surface area contributed by atoms with Crippen LogP contribution in [0.1, 0.15) is 5.56 Å². The zero-order chi connectivity index (χ0) is 15.3. The minimum absolute atomic E-state index is 0.140. The van der Waals surface area contributed by atoms with E-state index in [1.807, 2.05) is 0 Å². The quantitative estimate of drug-likeness (QED) is 0.853. The largest absolute Gasteiger partial charge is 0.373 e. The van der Waals surface area contributed by atoms with Crippen LogP contribution >= 0.6 is 0 Å². The lowest BCUT2D eigenvalue weighted by atomic mass is 10.1. The second kappa shape index (κ2) is 6.64. The summed E-state index contributed by atoms with van der Waals surface area (Å²) >= 11 is 0. The van der Waals surface area contributed by atoms with Crippen molar-refractivity contribution in [1.29, 1.82) is 0 Å². The van der Waals surface area contributed by atoms with Crippen molar-refractivity contribution in [2.45, 2.75) is 11.3 Å². The predicted molar refractivity (Wildman–Crippen MR) is 79.1 cm³/mol. The zero-order valence-corrected chi connectivity index (χ0v) is 12.3. The van der Waals surface area contributed by atoms with Gasteiger partial charge < -0.3 is 5.32 Å². The van der Waals surface area contributed by atoms with Gasteiger partial charge in [0, 0.05) is 25.9 Å². The maximum Gasteiger partial charge on any atom is 0.240 e. The van der Waals surface area contributed by atoms with E-state index in [0.29, 0.717) is 12.2 Å². The van der Waals surface area contributed by atoms with E-state index < -0.39 is 10.0 Å². The summed E-state index contributed by atoms with van der Waals surface area (Å²) in [5, 5.41) is 2.78. The molecule has 7 heteroatoms. The lowest BCUT2D eigenvalue weighted by Gasteiger charge is -2.08. The first kappa shape index (κ1) is 15.4. The van der Waals surface area contributed by atoms with Crippen LogP contribution in [-0.4, -0.2) is 27.0 Å². The van der Waals surface area contributed by atoms with Crippen LogP contribution in [0.15, 0.2) is 47.5 Å². The molecule has 0 aliphatic heterocycles. The monoisotopic (exact) mass is 309 g/mol. The summed E-state index contributed by atoms with van der Waals surface area (Å²) in [5.41, 5.74) is 0.739. The summed E-state index contributed by atoms with van der Waals surface area (Å²) in [5.74, 6) is 0.145. The third-order valence-electron chi connectivity index (χ3n) is 2.89. The van der Waals surface area contributed by atoms with Crippen LogP contribution < -0.4 is 10.0 Å². The summed E-state index contributed by atoms with van der Waals surface area (Å²) in [7, 11) is -1.93. The molecule has 5 nitrogen and oxygen atoms in total. The number of benzene rings is 1. The van der Waals surface area contributed by atoms with Crippen molar-refractivity contribution in [2.24, 2.45) is 0 Å². The second-order valence-corrected chi connectivity index (χ2v) is 6.17. The fourth-order valence-corrected chi connectivity index (χ4v) is 2.86. The summed E-state index contributed by atoms with van der Waals surface area (Å²) in [4.78, 5) is 4.10. The number of nitrogens with one attached hydrogen (secondary N) is 2. The smallest absolute Gasteiger partial charge is 0.240 e. The standard InChI is InChI=1S/C14H16FN3O2S/c1-16-14-10-13(6-7-17-14)21(19,20)18-8-5-11-3-2-4-12(15)9-11/h2-4,6-7,9-10,18H,5,8H2,1H3,(H,16,17). The minimum atomic E-state index is -3.60. The Kier molecular flexibility index (Phi) is 4.87. The fraction of sp³-hybridized carbons (Fsp3) is 0.214. The second-order valence-electron chi connectivity index (χ2n) is 4.40. The maximum atomic E-state index is 13.0. The van der Waals surface area contributed by atoms with Crippen LogP contribution in [0.2, 0.25) is 0 Å². The van der Waals surface area contributed by atoms with Gasteiger partial charge in [0.2, 0.25) is 10.0 Å². The van der Waals surface area contributed by atoms with Gasteiger partial charge in [-0.3, -0.25) is 0 Å². The first-order valence-electron chi connectivity index (χ1n) is 6.39. The molecule has 0 unspecified atom stereocenters. The Morgan fingerprint density at radius 1 is 1.24 bits per heavy atom. The van der Waals surface area contributed by atoms with Crippen LogP contribution in [-0.2, 0) is 16.4 Å². The van der Waals surface area contributed by atoms with E-state index >= 15 is 0 Å². The molecule has 0 aliphatic carbocycles. The van der Waals surface area contributed by atoms with E-state index in [9.17, 15) is 12.8 Å². The number of sulfonamides is 1. The van der Waals surface area contributed by atoms with Gasteiger partial charge in [-0.1, -0.05) is 12.1 Å². The molecular formula is C14H16FN3O2S. The van der Waals surface area contributed by atoms with Crippen molar-refractivity contribution >= 4 is 15.8 Å². The van der Waals surface area contributed by atoms with Crippen molar-refractivity contribution in [3.63, 3.8) is 0 Å². The normalized spacial score (nSPS) is 11.3. The van der Waals surface area contributed by atoms with Crippen LogP contribution in [0.25, 0.3) is 0 Å². The van der Waals surface area contributed by atoms with E-state index in [1.165, 1.54) is 30.5 Å². The average Bonchev–Trinajstić information content (AvgIpc) is 2.47. The van der Waals surface area contributed by atoms with Gasteiger partial charge in [-0.15, -0.1) is 0 Å². The van der Waals surface area contributed by atoms with Crippen molar-refractivity contribution in [3.8, 4) is 0 Å². The molecule has 0 atom stereocenters. The summed E-state index contributed by atoms with van der Waals surface area (Å²) in [6.07, 6.45) is 1.84. The van der Waals surface area contributed by atoms with E-state index in [0.717, 1.165) is 5.56 Å². The molecule has 1 aromatic carbocycles. The molecule has 0 radical (unpaired) electrons. The average molecular weight is 309 g/mol. The Morgan fingerprint density at radius 2 is 2.05 bits per heavy atom. The number of rotatable bonds is 6. The lowest BCUT2D eigenvalue weighted by Crippen LogP contribution is -2.26. The molecule has 0 fully saturated rings. The van der Waals surface area contributed by atoms with E-state index in [2.05, 4.69) is 15.0 Å². The van der Waals surface area contributed by atoms with Gasteiger partial charge in [-0.05, 0) is 30.2 Å². The molecule has 0 saturated carbocycles. The third-order valence-corrected chi connectivity index (χ3v) is 4.35. The molecule has 2 aromatic rings. The topological polar surface area (TPSA) is 71.1 Å². The molecular weight excluding hydrogens is 293 g/mol. The number of hydrogen-bond acceptors (Lipinski definition) is 4. The molecule has 1 aromatic heterocycles. The van der Waals surface area contributed by atoms with Crippen LogP contribution in [0.5, 0.6) is 0 Å². The lowest BCUT2D eigenvalue weighted by molar-refractivity contribution is 0.581. The summed E-state index contributed by atoms with van der Waals surface area (Å²) < 4.78 is 39.7. The van der Waals surface area contributed by atoms with Gasteiger partial charge in [-0.25, -0.2) is 22.5 Å². The Bertz CT molecular complexity index is 720. The van der Waals surface area contributed by atoms with Gasteiger partial charge in [0.1, 0.15) is 11.6 Å². The number of hydrogen-bond donors (Lipinski definition) is 2. The van der Waals surface area contributed by atoms with Gasteiger partial charge in [-0.2, -0.15) is 0 Å². The predicted octanol–water partition coefficient (Wildman–Crippen LogP) is 1.78. The van der Waals surface area contributed by atoms with Crippen molar-refractivity contribution in [1.82, 2.24) is 9.71 Å². The highest BCUT2D eigenvalue weighted by Crippen LogP contribution is 2.12. The van der Waals surface area contributed by atoms with E-state index in [-0.39, 0.29) is 17.3 Å². The number of pyridine rings is 1. The van der Waals surface area contributed by atoms with E-state index in [1.54, 1.807) is 19.2 Å². The van der Waals surface area contributed by atoms with Gasteiger partial charge >= 0.3 is 0 Å². The van der Waals surface area contributed by atoms with Crippen molar-refractivity contribution in [2.75, 3.05) is 18.9 Å². The van der Waals surface area contributed by atoms with Crippen LogP contribution in [0.3, 0.4) is 0 Å². The highest BCUT2D eigenvalue weighted by Gasteiger charge is 2.14. The highest BCUT2D eigenvalue weighted by atomic mass is 32.2. The number of aromatic nitrogens is 1. The maximum absolute atomic E-state index is 13.0. The van der Waals surface area contributed by atoms with Gasteiger partial charge in [0.05, 0.1) is 4.90 Å². The number of halogens is 1. The Morgan fingerprint density at radius 3 is 2.76 bits per heavy atom. The van der Waals surface area contributed by atoms with Crippen molar-refractivity contribution in [3.05, 3.63) is 54.0 Å². The fourth-order valence-electron chi connectivity index (χ4n) is 1.82.